The van der Waals surface area contributed by atoms with E-state index in [0.717, 1.165) is 6.42 Å². The number of nitrogens with zero attached hydrogens (tertiary/aromatic N) is 1. The molecule has 4 nitrogen and oxygen atoms in total. The lowest BCUT2D eigenvalue weighted by Crippen LogP contribution is -2.48. The first-order valence-corrected chi connectivity index (χ1v) is 4.27. The van der Waals surface area contributed by atoms with Crippen LogP contribution in [0, 0.1) is 0 Å². The molecule has 0 saturated heterocycles. The van der Waals surface area contributed by atoms with Crippen molar-refractivity contribution in [2.24, 2.45) is 5.84 Å². The molecule has 1 amide bonds. The summed E-state index contributed by atoms with van der Waals surface area (Å²) in [6, 6.07) is 0.238. The molecular weight excluding hydrogens is 154 g/mol. The van der Waals surface area contributed by atoms with Crippen LogP contribution < -0.4 is 11.3 Å². The third-order valence-corrected chi connectivity index (χ3v) is 2.42. The number of carbonyl (C=O) groups is 1. The smallest absolute Gasteiger partial charge is 0.250 e. The van der Waals surface area contributed by atoms with Gasteiger partial charge in [-0.25, -0.2) is 5.84 Å². The summed E-state index contributed by atoms with van der Waals surface area (Å²) in [6.45, 7) is 6.02. The first kappa shape index (κ1) is 11.4. The second kappa shape index (κ2) is 5.11. The van der Waals surface area contributed by atoms with Crippen molar-refractivity contribution in [2.45, 2.75) is 39.3 Å². The van der Waals surface area contributed by atoms with Crippen molar-refractivity contribution in [3.63, 3.8) is 0 Å². The Bertz CT molecular complexity index is 149. The predicted octanol–water partition coefficient (Wildman–Crippen LogP) is 0.0951. The van der Waals surface area contributed by atoms with Gasteiger partial charge in [0.25, 0.3) is 5.91 Å². The van der Waals surface area contributed by atoms with Gasteiger partial charge in [-0.1, -0.05) is 6.92 Å². The van der Waals surface area contributed by atoms with Gasteiger partial charge in [0.15, 0.2) is 0 Å². The Morgan fingerprint density at radius 1 is 1.58 bits per heavy atom. The summed E-state index contributed by atoms with van der Waals surface area (Å²) >= 11 is 0. The lowest BCUT2D eigenvalue weighted by atomic mass is 10.2. The van der Waals surface area contributed by atoms with Crippen molar-refractivity contribution >= 4 is 5.91 Å². The molecule has 0 aromatic heterocycles. The molecule has 0 rings (SSSR count). The molecule has 0 aliphatic heterocycles. The molecule has 2 unspecified atom stereocenters. The number of hydrazine groups is 1. The fraction of sp³-hybridized carbons (Fsp3) is 0.875. The minimum atomic E-state index is -0.162. The minimum Gasteiger partial charge on any atom is -0.293 e. The van der Waals surface area contributed by atoms with Gasteiger partial charge < -0.3 is 0 Å². The maximum atomic E-state index is 11.1. The molecule has 0 radical (unpaired) electrons. The Hall–Kier alpha value is -0.610. The number of hydrogen-bond acceptors (Lipinski definition) is 3. The van der Waals surface area contributed by atoms with Crippen LogP contribution in [0.4, 0.5) is 0 Å². The summed E-state index contributed by atoms with van der Waals surface area (Å²) in [7, 11) is 1.92. The van der Waals surface area contributed by atoms with Gasteiger partial charge in [0.2, 0.25) is 0 Å². The highest BCUT2D eigenvalue weighted by Gasteiger charge is 2.19. The Kier molecular flexibility index (Phi) is 4.85. The van der Waals surface area contributed by atoms with E-state index in [4.69, 9.17) is 5.84 Å². The van der Waals surface area contributed by atoms with Gasteiger partial charge in [-0.15, -0.1) is 0 Å². The van der Waals surface area contributed by atoms with Gasteiger partial charge >= 0.3 is 0 Å². The monoisotopic (exact) mass is 173 g/mol. The zero-order chi connectivity index (χ0) is 9.72. The van der Waals surface area contributed by atoms with Crippen molar-refractivity contribution < 1.29 is 4.79 Å². The first-order valence-electron chi connectivity index (χ1n) is 4.27. The predicted molar refractivity (Wildman–Crippen MR) is 49.3 cm³/mol. The highest BCUT2D eigenvalue weighted by molar-refractivity contribution is 5.80. The van der Waals surface area contributed by atoms with E-state index < -0.39 is 0 Å². The molecule has 72 valence electrons. The van der Waals surface area contributed by atoms with E-state index in [2.05, 4.69) is 19.3 Å². The fourth-order valence-electron chi connectivity index (χ4n) is 0.975. The van der Waals surface area contributed by atoms with E-state index >= 15 is 0 Å². The molecule has 4 heteroatoms. The van der Waals surface area contributed by atoms with Gasteiger partial charge in [-0.2, -0.15) is 0 Å². The maximum Gasteiger partial charge on any atom is 0.250 e. The zero-order valence-corrected chi connectivity index (χ0v) is 8.29. The Labute approximate surface area is 74.1 Å². The molecule has 3 N–H and O–H groups in total. The summed E-state index contributed by atoms with van der Waals surface area (Å²) < 4.78 is 0. The van der Waals surface area contributed by atoms with E-state index in [1.165, 1.54) is 0 Å². The maximum absolute atomic E-state index is 11.1. The van der Waals surface area contributed by atoms with Crippen LogP contribution in [0.15, 0.2) is 0 Å². The molecule has 0 aliphatic rings. The zero-order valence-electron chi connectivity index (χ0n) is 8.29. The third kappa shape index (κ3) is 2.79. The normalized spacial score (nSPS) is 15.8. The number of amides is 1. The molecule has 12 heavy (non-hydrogen) atoms. The molecule has 2 atom stereocenters. The molecule has 0 aromatic carbocycles. The molecular formula is C8H19N3O. The molecule has 0 bridgehead atoms. The average Bonchev–Trinajstić information content (AvgIpc) is 2.12. The van der Waals surface area contributed by atoms with Crippen LogP contribution in [0.3, 0.4) is 0 Å². The summed E-state index contributed by atoms with van der Waals surface area (Å²) in [5.74, 6) is 4.89. The number of hydrogen-bond donors (Lipinski definition) is 2. The van der Waals surface area contributed by atoms with Crippen LogP contribution in [0.1, 0.15) is 27.2 Å². The van der Waals surface area contributed by atoms with Crippen molar-refractivity contribution in [3.05, 3.63) is 0 Å². The number of likely N-dealkylation sites (N-methyl/N-ethyl adjacent to an activating group) is 1. The quantitative estimate of drug-likeness (QED) is 0.360. The number of rotatable bonds is 4. The van der Waals surface area contributed by atoms with Gasteiger partial charge in [-0.3, -0.25) is 15.1 Å². The van der Waals surface area contributed by atoms with Crippen LogP contribution in [-0.2, 0) is 4.79 Å². The summed E-state index contributed by atoms with van der Waals surface area (Å²) in [5.41, 5.74) is 2.14. The molecule has 0 aliphatic carbocycles. The van der Waals surface area contributed by atoms with Crippen molar-refractivity contribution in [2.75, 3.05) is 7.05 Å². The van der Waals surface area contributed by atoms with Crippen molar-refractivity contribution in [1.82, 2.24) is 10.3 Å². The average molecular weight is 173 g/mol. The van der Waals surface area contributed by atoms with E-state index in [1.807, 2.05) is 18.9 Å². The van der Waals surface area contributed by atoms with Gasteiger partial charge in [0, 0.05) is 6.04 Å². The van der Waals surface area contributed by atoms with Gasteiger partial charge in [-0.05, 0) is 27.3 Å². The number of nitrogens with one attached hydrogen (secondary N) is 1. The number of nitrogens with two attached hydrogens (primary N) is 1. The summed E-state index contributed by atoms with van der Waals surface area (Å²) in [5, 5.41) is 0. The largest absolute Gasteiger partial charge is 0.293 e. The standard InChI is InChI=1S/C8H19N3O/c1-5-6(2)11(4)7(3)8(12)10-9/h6-7H,5,9H2,1-4H3,(H,10,12). The molecule has 0 aromatic rings. The van der Waals surface area contributed by atoms with E-state index in [1.54, 1.807) is 0 Å². The minimum absolute atomic E-state index is 0.141. The highest BCUT2D eigenvalue weighted by atomic mass is 16.2. The lowest BCUT2D eigenvalue weighted by Gasteiger charge is -2.28. The van der Waals surface area contributed by atoms with Crippen molar-refractivity contribution in [3.8, 4) is 0 Å². The van der Waals surface area contributed by atoms with Crippen LogP contribution >= 0.6 is 0 Å². The lowest BCUT2D eigenvalue weighted by molar-refractivity contribution is -0.126. The molecule has 0 fully saturated rings. The topological polar surface area (TPSA) is 58.4 Å². The fourth-order valence-corrected chi connectivity index (χ4v) is 0.975. The Balaban J connectivity index is 4.08. The highest BCUT2D eigenvalue weighted by Crippen LogP contribution is 2.04. The first-order chi connectivity index (χ1) is 5.54. The van der Waals surface area contributed by atoms with Gasteiger partial charge in [0.05, 0.1) is 6.04 Å². The second-order valence-electron chi connectivity index (χ2n) is 3.11. The van der Waals surface area contributed by atoms with Crippen molar-refractivity contribution in [1.29, 1.82) is 0 Å². The summed E-state index contributed by atoms with van der Waals surface area (Å²) in [6.07, 6.45) is 1.03. The molecule has 0 spiro atoms. The van der Waals surface area contributed by atoms with Crippen LogP contribution in [0.25, 0.3) is 0 Å². The molecule has 0 saturated carbocycles. The molecule has 0 heterocycles. The Morgan fingerprint density at radius 2 is 2.08 bits per heavy atom. The van der Waals surface area contributed by atoms with E-state index in [9.17, 15) is 4.79 Å². The SMILES string of the molecule is CCC(C)N(C)C(C)C(=O)NN. The van der Waals surface area contributed by atoms with Crippen LogP contribution in [-0.4, -0.2) is 29.9 Å². The van der Waals surface area contributed by atoms with E-state index in [0.29, 0.717) is 6.04 Å². The van der Waals surface area contributed by atoms with Gasteiger partial charge in [0.1, 0.15) is 0 Å². The van der Waals surface area contributed by atoms with E-state index in [-0.39, 0.29) is 11.9 Å². The van der Waals surface area contributed by atoms with Crippen LogP contribution in [0.5, 0.6) is 0 Å². The Morgan fingerprint density at radius 3 is 2.42 bits per heavy atom. The summed E-state index contributed by atoms with van der Waals surface area (Å²) in [4.78, 5) is 13.1. The number of carbonyl (C=O) groups excluding carboxylic acids is 1. The second-order valence-corrected chi connectivity index (χ2v) is 3.11. The van der Waals surface area contributed by atoms with Crippen LogP contribution in [0.2, 0.25) is 0 Å². The third-order valence-electron chi connectivity index (χ3n) is 2.42.